The fourth-order valence-corrected chi connectivity index (χ4v) is 3.94. The Bertz CT molecular complexity index is 907. The molecule has 0 spiro atoms. The predicted octanol–water partition coefficient (Wildman–Crippen LogP) is 6.41. The molecular formula is C21H19Cl2NO3S. The number of benzene rings is 2. The monoisotopic (exact) mass is 435 g/mol. The number of rotatable bonds is 6. The molecule has 2 amide bonds. The quantitative estimate of drug-likeness (QED) is 0.491. The molecule has 1 unspecified atom stereocenters. The van der Waals surface area contributed by atoms with Crippen LogP contribution < -0.4 is 4.74 Å². The minimum atomic E-state index is -0.356. The van der Waals surface area contributed by atoms with Crippen LogP contribution in [0.5, 0.6) is 5.75 Å². The third-order valence-electron chi connectivity index (χ3n) is 4.34. The average Bonchev–Trinajstić information content (AvgIpc) is 2.93. The van der Waals surface area contributed by atoms with E-state index >= 15 is 0 Å². The summed E-state index contributed by atoms with van der Waals surface area (Å²) < 4.78 is 5.75. The second-order valence-corrected chi connectivity index (χ2v) is 8.18. The maximum Gasteiger partial charge on any atom is 0.293 e. The summed E-state index contributed by atoms with van der Waals surface area (Å²) in [4.78, 5) is 26.6. The first-order valence-electron chi connectivity index (χ1n) is 8.84. The Labute approximate surface area is 178 Å². The topological polar surface area (TPSA) is 46.6 Å². The highest BCUT2D eigenvalue weighted by Gasteiger charge is 2.35. The summed E-state index contributed by atoms with van der Waals surface area (Å²) in [6.45, 7) is 4.11. The summed E-state index contributed by atoms with van der Waals surface area (Å²) in [6.07, 6.45) is 2.76. The van der Waals surface area contributed by atoms with E-state index in [1.54, 1.807) is 24.3 Å². The Hall–Kier alpha value is -1.95. The zero-order chi connectivity index (χ0) is 20.3. The Morgan fingerprint density at radius 3 is 2.36 bits per heavy atom. The number of hydrogen-bond acceptors (Lipinski definition) is 4. The third-order valence-corrected chi connectivity index (χ3v) is 5.96. The molecule has 1 atom stereocenters. The van der Waals surface area contributed by atoms with Gasteiger partial charge in [-0.3, -0.25) is 14.5 Å². The minimum Gasteiger partial charge on any atom is -0.491 e. The van der Waals surface area contributed by atoms with Gasteiger partial charge in [-0.25, -0.2) is 0 Å². The average molecular weight is 436 g/mol. The number of nitrogens with zero attached hydrogens (tertiary/aromatic N) is 1. The van der Waals surface area contributed by atoms with E-state index in [-0.39, 0.29) is 23.8 Å². The predicted molar refractivity (Wildman–Crippen MR) is 115 cm³/mol. The molecule has 1 saturated heterocycles. The number of halogens is 2. The van der Waals surface area contributed by atoms with E-state index in [0.717, 1.165) is 34.4 Å². The fraction of sp³-hybridized carbons (Fsp3) is 0.238. The molecular weight excluding hydrogens is 417 g/mol. The van der Waals surface area contributed by atoms with E-state index in [9.17, 15) is 9.59 Å². The van der Waals surface area contributed by atoms with Gasteiger partial charge in [0.1, 0.15) is 5.75 Å². The Morgan fingerprint density at radius 1 is 1.11 bits per heavy atom. The summed E-state index contributed by atoms with van der Waals surface area (Å²) in [7, 11) is 0. The third kappa shape index (κ3) is 4.72. The SMILES string of the molecule is CCC(C)Oc1ccc(C=C2SC(=O)N(Cc3c(Cl)cccc3Cl)C2=O)cc1. The van der Waals surface area contributed by atoms with Gasteiger partial charge < -0.3 is 4.74 Å². The molecule has 0 saturated carbocycles. The van der Waals surface area contributed by atoms with Crippen molar-refractivity contribution in [3.05, 3.63) is 68.5 Å². The fourth-order valence-electron chi connectivity index (χ4n) is 2.59. The van der Waals surface area contributed by atoms with Crippen molar-refractivity contribution in [2.45, 2.75) is 32.9 Å². The molecule has 28 heavy (non-hydrogen) atoms. The number of carbonyl (C=O) groups excluding carboxylic acids is 2. The van der Waals surface area contributed by atoms with E-state index in [1.165, 1.54) is 0 Å². The van der Waals surface area contributed by atoms with Crippen LogP contribution in [0, 0.1) is 0 Å². The summed E-state index contributed by atoms with van der Waals surface area (Å²) in [5, 5.41) is 0.504. The lowest BCUT2D eigenvalue weighted by molar-refractivity contribution is -0.123. The zero-order valence-corrected chi connectivity index (χ0v) is 17.8. The number of hydrogen-bond donors (Lipinski definition) is 0. The van der Waals surface area contributed by atoms with E-state index in [1.807, 2.05) is 31.2 Å². The smallest absolute Gasteiger partial charge is 0.293 e. The Balaban J connectivity index is 1.76. The number of imide groups is 1. The standard InChI is InChI=1S/C21H19Cl2NO3S/c1-3-13(2)27-15-9-7-14(8-10-15)11-19-20(25)24(21(26)28-19)12-16-17(22)5-4-6-18(16)23/h4-11,13H,3,12H2,1-2H3. The van der Waals surface area contributed by atoms with Crippen LogP contribution in [0.2, 0.25) is 10.0 Å². The molecule has 1 heterocycles. The molecule has 2 aromatic rings. The van der Waals surface area contributed by atoms with Gasteiger partial charge in [0.05, 0.1) is 17.6 Å². The lowest BCUT2D eigenvalue weighted by Gasteiger charge is -2.14. The van der Waals surface area contributed by atoms with E-state index in [0.29, 0.717) is 20.5 Å². The summed E-state index contributed by atoms with van der Waals surface area (Å²) >= 11 is 13.2. The van der Waals surface area contributed by atoms with Gasteiger partial charge >= 0.3 is 0 Å². The Kier molecular flexibility index (Phi) is 6.70. The van der Waals surface area contributed by atoms with Gasteiger partial charge in [-0.05, 0) is 61.0 Å². The van der Waals surface area contributed by atoms with Crippen molar-refractivity contribution in [1.29, 1.82) is 0 Å². The lowest BCUT2D eigenvalue weighted by Crippen LogP contribution is -2.27. The van der Waals surface area contributed by atoms with Crippen LogP contribution >= 0.6 is 35.0 Å². The van der Waals surface area contributed by atoms with Gasteiger partial charge in [0, 0.05) is 15.6 Å². The number of carbonyl (C=O) groups is 2. The van der Waals surface area contributed by atoms with Gasteiger partial charge in [0.15, 0.2) is 0 Å². The maximum absolute atomic E-state index is 12.7. The first kappa shape index (κ1) is 20.8. The van der Waals surface area contributed by atoms with Crippen molar-refractivity contribution in [2.24, 2.45) is 0 Å². The molecule has 2 aromatic carbocycles. The molecule has 0 radical (unpaired) electrons. The van der Waals surface area contributed by atoms with Gasteiger partial charge in [-0.15, -0.1) is 0 Å². The van der Waals surface area contributed by atoms with Crippen LogP contribution in [0.25, 0.3) is 6.08 Å². The first-order valence-corrected chi connectivity index (χ1v) is 10.4. The zero-order valence-electron chi connectivity index (χ0n) is 15.4. The number of thioether (sulfide) groups is 1. The van der Waals surface area contributed by atoms with Crippen molar-refractivity contribution in [3.8, 4) is 5.75 Å². The van der Waals surface area contributed by atoms with Crippen LogP contribution in [0.4, 0.5) is 4.79 Å². The van der Waals surface area contributed by atoms with Crippen molar-refractivity contribution in [2.75, 3.05) is 0 Å². The van der Waals surface area contributed by atoms with Crippen LogP contribution in [0.1, 0.15) is 31.4 Å². The van der Waals surface area contributed by atoms with Crippen molar-refractivity contribution in [1.82, 2.24) is 4.90 Å². The minimum absolute atomic E-state index is 0.0438. The molecule has 4 nitrogen and oxygen atoms in total. The van der Waals surface area contributed by atoms with Crippen molar-refractivity contribution < 1.29 is 14.3 Å². The largest absolute Gasteiger partial charge is 0.491 e. The highest BCUT2D eigenvalue weighted by molar-refractivity contribution is 8.18. The van der Waals surface area contributed by atoms with E-state index in [2.05, 4.69) is 6.92 Å². The van der Waals surface area contributed by atoms with Crippen LogP contribution in [0.15, 0.2) is 47.4 Å². The number of amides is 2. The van der Waals surface area contributed by atoms with Gasteiger partial charge in [0.25, 0.3) is 11.1 Å². The second kappa shape index (κ2) is 9.03. The van der Waals surface area contributed by atoms with Gasteiger partial charge in [0.2, 0.25) is 0 Å². The van der Waals surface area contributed by atoms with E-state index in [4.69, 9.17) is 27.9 Å². The molecule has 0 aromatic heterocycles. The molecule has 7 heteroatoms. The molecule has 1 fully saturated rings. The van der Waals surface area contributed by atoms with Crippen molar-refractivity contribution in [3.63, 3.8) is 0 Å². The van der Waals surface area contributed by atoms with Gasteiger partial charge in [-0.2, -0.15) is 0 Å². The van der Waals surface area contributed by atoms with Crippen molar-refractivity contribution >= 4 is 52.2 Å². The van der Waals surface area contributed by atoms with E-state index < -0.39 is 0 Å². The summed E-state index contributed by atoms with van der Waals surface area (Å²) in [6, 6.07) is 12.5. The van der Waals surface area contributed by atoms with Crippen LogP contribution in [-0.4, -0.2) is 22.2 Å². The number of ether oxygens (including phenoxy) is 1. The van der Waals surface area contributed by atoms with Crippen LogP contribution in [0.3, 0.4) is 0 Å². The molecule has 3 rings (SSSR count). The highest BCUT2D eigenvalue weighted by atomic mass is 35.5. The summed E-state index contributed by atoms with van der Waals surface area (Å²) in [5.41, 5.74) is 1.37. The molecule has 0 N–H and O–H groups in total. The van der Waals surface area contributed by atoms with Gasteiger partial charge in [-0.1, -0.05) is 48.3 Å². The highest BCUT2D eigenvalue weighted by Crippen LogP contribution is 2.35. The maximum atomic E-state index is 12.7. The molecule has 1 aliphatic rings. The molecule has 0 aliphatic carbocycles. The lowest BCUT2D eigenvalue weighted by atomic mass is 10.2. The second-order valence-electron chi connectivity index (χ2n) is 6.37. The molecule has 0 bridgehead atoms. The van der Waals surface area contributed by atoms with Crippen LogP contribution in [-0.2, 0) is 11.3 Å². The Morgan fingerprint density at radius 2 is 1.75 bits per heavy atom. The first-order chi connectivity index (χ1) is 13.4. The molecule has 1 aliphatic heterocycles. The summed E-state index contributed by atoms with van der Waals surface area (Å²) in [5.74, 6) is 0.416. The normalized spacial score (nSPS) is 16.7. The molecule has 146 valence electrons.